The molecule has 6 heteroatoms. The normalized spacial score (nSPS) is 10.8. The molecule has 3 aromatic rings. The van der Waals surface area contributed by atoms with Gasteiger partial charge in [-0.3, -0.25) is 14.5 Å². The molecule has 0 fully saturated rings. The predicted octanol–water partition coefficient (Wildman–Crippen LogP) is 5.04. The molecule has 28 heavy (non-hydrogen) atoms. The lowest BCUT2D eigenvalue weighted by Crippen LogP contribution is -2.22. The smallest absolute Gasteiger partial charge is 0.248 e. The number of carbonyl (C=O) groups is 2. The molecule has 0 aliphatic heterocycles. The number of carbonyl (C=O) groups excluding carboxylic acids is 2. The van der Waals surface area contributed by atoms with E-state index in [0.717, 1.165) is 23.4 Å². The van der Waals surface area contributed by atoms with Gasteiger partial charge in [-0.25, -0.2) is 4.98 Å². The molecular formula is C22H21N3O2S. The lowest BCUT2D eigenvalue weighted by Gasteiger charge is -2.17. The van der Waals surface area contributed by atoms with Gasteiger partial charge in [-0.15, -0.1) is 11.3 Å². The van der Waals surface area contributed by atoms with Crippen LogP contribution in [0.4, 0.5) is 16.5 Å². The number of aromatic nitrogens is 1. The van der Waals surface area contributed by atoms with Crippen LogP contribution >= 0.6 is 11.3 Å². The van der Waals surface area contributed by atoms with E-state index in [9.17, 15) is 9.59 Å². The van der Waals surface area contributed by atoms with E-state index in [1.807, 2.05) is 60.0 Å². The molecule has 0 aliphatic rings. The van der Waals surface area contributed by atoms with Gasteiger partial charge < -0.3 is 5.32 Å². The maximum atomic E-state index is 12.2. The number of hydrogen-bond donors (Lipinski definition) is 1. The van der Waals surface area contributed by atoms with Crippen LogP contribution in [-0.2, 0) is 16.0 Å². The van der Waals surface area contributed by atoms with Gasteiger partial charge in [0, 0.05) is 24.1 Å². The van der Waals surface area contributed by atoms with Crippen molar-refractivity contribution in [3.8, 4) is 0 Å². The van der Waals surface area contributed by atoms with E-state index in [0.29, 0.717) is 10.8 Å². The molecule has 0 spiro atoms. The van der Waals surface area contributed by atoms with E-state index < -0.39 is 0 Å². The first-order valence-corrected chi connectivity index (χ1v) is 9.84. The van der Waals surface area contributed by atoms with Gasteiger partial charge in [0.25, 0.3) is 0 Å². The van der Waals surface area contributed by atoms with Crippen LogP contribution in [0.15, 0.2) is 66.1 Å². The molecular weight excluding hydrogens is 370 g/mol. The topological polar surface area (TPSA) is 62.3 Å². The summed E-state index contributed by atoms with van der Waals surface area (Å²) in [5.41, 5.74) is 3.31. The maximum absolute atomic E-state index is 12.2. The summed E-state index contributed by atoms with van der Waals surface area (Å²) in [6.45, 7) is 3.57. The number of benzene rings is 2. The molecule has 2 aromatic carbocycles. The van der Waals surface area contributed by atoms with Crippen molar-refractivity contribution in [2.75, 3.05) is 10.2 Å². The van der Waals surface area contributed by atoms with Crippen molar-refractivity contribution < 1.29 is 9.59 Å². The van der Waals surface area contributed by atoms with Crippen molar-refractivity contribution in [1.82, 2.24) is 4.98 Å². The highest BCUT2D eigenvalue weighted by Crippen LogP contribution is 2.29. The van der Waals surface area contributed by atoms with E-state index in [1.54, 1.807) is 11.0 Å². The fourth-order valence-electron chi connectivity index (χ4n) is 2.67. The Morgan fingerprint density at radius 2 is 1.93 bits per heavy atom. The zero-order chi connectivity index (χ0) is 19.9. The second kappa shape index (κ2) is 9.10. The van der Waals surface area contributed by atoms with Crippen LogP contribution in [0.1, 0.15) is 25.1 Å². The maximum Gasteiger partial charge on any atom is 0.248 e. The first-order valence-electron chi connectivity index (χ1n) is 8.96. The van der Waals surface area contributed by atoms with Gasteiger partial charge in [0.05, 0.1) is 11.4 Å². The van der Waals surface area contributed by atoms with Crippen molar-refractivity contribution in [2.24, 2.45) is 0 Å². The average Bonchev–Trinajstić information content (AvgIpc) is 3.15. The highest BCUT2D eigenvalue weighted by Gasteiger charge is 2.17. The number of amides is 2. The summed E-state index contributed by atoms with van der Waals surface area (Å²) in [4.78, 5) is 30.3. The summed E-state index contributed by atoms with van der Waals surface area (Å²) in [6, 6.07) is 17.1. The molecule has 0 radical (unpaired) electrons. The quantitative estimate of drug-likeness (QED) is 0.599. The standard InChI is InChI=1S/C22H21N3O2S/c1-3-17-8-7-9-18(14-17)23-21(27)13-12-19-15-28-22(24-19)25(16(2)26)20-10-5-4-6-11-20/h4-15H,3H2,1-2H3,(H,23,27)/b13-12+. The molecule has 1 heterocycles. The second-order valence-corrected chi connectivity index (χ2v) is 6.96. The van der Waals surface area contributed by atoms with Crippen molar-refractivity contribution in [2.45, 2.75) is 20.3 Å². The lowest BCUT2D eigenvalue weighted by molar-refractivity contribution is -0.116. The summed E-state index contributed by atoms with van der Waals surface area (Å²) in [7, 11) is 0. The first kappa shape index (κ1) is 19.5. The largest absolute Gasteiger partial charge is 0.323 e. The van der Waals surface area contributed by atoms with Gasteiger partial charge in [-0.2, -0.15) is 0 Å². The van der Waals surface area contributed by atoms with Crippen LogP contribution in [-0.4, -0.2) is 16.8 Å². The minimum Gasteiger partial charge on any atom is -0.323 e. The van der Waals surface area contributed by atoms with Crippen LogP contribution in [0.3, 0.4) is 0 Å². The van der Waals surface area contributed by atoms with Gasteiger partial charge in [0.1, 0.15) is 0 Å². The zero-order valence-electron chi connectivity index (χ0n) is 15.8. The number of rotatable bonds is 6. The Balaban J connectivity index is 1.71. The Kier molecular flexibility index (Phi) is 6.34. The molecule has 0 aliphatic carbocycles. The Morgan fingerprint density at radius 1 is 1.14 bits per heavy atom. The van der Waals surface area contributed by atoms with E-state index in [4.69, 9.17) is 0 Å². The fraction of sp³-hybridized carbons (Fsp3) is 0.136. The van der Waals surface area contributed by atoms with E-state index >= 15 is 0 Å². The molecule has 0 atom stereocenters. The van der Waals surface area contributed by atoms with E-state index in [2.05, 4.69) is 17.2 Å². The number of para-hydroxylation sites is 1. The number of nitrogens with zero attached hydrogens (tertiary/aromatic N) is 2. The number of nitrogens with one attached hydrogen (secondary N) is 1. The van der Waals surface area contributed by atoms with Crippen LogP contribution in [0.2, 0.25) is 0 Å². The monoisotopic (exact) mass is 391 g/mol. The fourth-order valence-corrected chi connectivity index (χ4v) is 3.53. The molecule has 3 rings (SSSR count). The number of thiazole rings is 1. The molecule has 5 nitrogen and oxygen atoms in total. The van der Waals surface area contributed by atoms with Gasteiger partial charge in [-0.05, 0) is 42.3 Å². The van der Waals surface area contributed by atoms with Crippen LogP contribution in [0.5, 0.6) is 0 Å². The average molecular weight is 391 g/mol. The highest BCUT2D eigenvalue weighted by molar-refractivity contribution is 7.14. The summed E-state index contributed by atoms with van der Waals surface area (Å²) in [6.07, 6.45) is 4.00. The molecule has 0 bridgehead atoms. The zero-order valence-corrected chi connectivity index (χ0v) is 16.6. The van der Waals surface area contributed by atoms with Crippen LogP contribution in [0, 0.1) is 0 Å². The lowest BCUT2D eigenvalue weighted by atomic mass is 10.1. The summed E-state index contributed by atoms with van der Waals surface area (Å²) < 4.78 is 0. The first-order chi connectivity index (χ1) is 13.6. The second-order valence-electron chi connectivity index (χ2n) is 6.12. The molecule has 0 unspecified atom stereocenters. The number of anilines is 3. The van der Waals surface area contributed by atoms with Crippen molar-refractivity contribution in [3.63, 3.8) is 0 Å². The Labute approximate surface area is 168 Å². The van der Waals surface area contributed by atoms with Crippen LogP contribution in [0.25, 0.3) is 6.08 Å². The predicted molar refractivity (Wildman–Crippen MR) is 115 cm³/mol. The van der Waals surface area contributed by atoms with Crippen molar-refractivity contribution in [3.05, 3.63) is 77.3 Å². The SMILES string of the molecule is CCc1cccc(NC(=O)/C=C/c2csc(N(C(C)=O)c3ccccc3)n2)c1. The Morgan fingerprint density at radius 3 is 2.64 bits per heavy atom. The highest BCUT2D eigenvalue weighted by atomic mass is 32.1. The molecule has 0 saturated carbocycles. The van der Waals surface area contributed by atoms with E-state index in [1.165, 1.54) is 24.3 Å². The molecule has 1 aromatic heterocycles. The molecule has 2 amide bonds. The van der Waals surface area contributed by atoms with Gasteiger partial charge in [0.2, 0.25) is 11.8 Å². The Bertz CT molecular complexity index is 996. The van der Waals surface area contributed by atoms with Crippen molar-refractivity contribution in [1.29, 1.82) is 0 Å². The minimum absolute atomic E-state index is 0.121. The third-order valence-corrected chi connectivity index (χ3v) is 4.88. The van der Waals surface area contributed by atoms with Crippen LogP contribution < -0.4 is 10.2 Å². The van der Waals surface area contributed by atoms with Crippen molar-refractivity contribution >= 4 is 45.7 Å². The number of aryl methyl sites for hydroxylation is 1. The third kappa shape index (κ3) is 4.92. The third-order valence-electron chi connectivity index (χ3n) is 4.04. The molecule has 142 valence electrons. The minimum atomic E-state index is -0.228. The summed E-state index contributed by atoms with van der Waals surface area (Å²) >= 11 is 1.35. The molecule has 0 saturated heterocycles. The Hall–Kier alpha value is -3.25. The van der Waals surface area contributed by atoms with Gasteiger partial charge >= 0.3 is 0 Å². The summed E-state index contributed by atoms with van der Waals surface area (Å²) in [5, 5.41) is 5.23. The molecule has 1 N–H and O–H groups in total. The van der Waals surface area contributed by atoms with Gasteiger partial charge in [0.15, 0.2) is 5.13 Å². The number of hydrogen-bond acceptors (Lipinski definition) is 4. The summed E-state index contributed by atoms with van der Waals surface area (Å²) in [5.74, 6) is -0.348. The van der Waals surface area contributed by atoms with Gasteiger partial charge in [-0.1, -0.05) is 37.3 Å². The van der Waals surface area contributed by atoms with E-state index in [-0.39, 0.29) is 11.8 Å².